The Morgan fingerprint density at radius 3 is 2.60 bits per heavy atom. The average Bonchev–Trinajstić information content (AvgIpc) is 1.88. The van der Waals surface area contributed by atoms with Crippen molar-refractivity contribution in [1.29, 1.82) is 0 Å². The molecule has 1 fully saturated rings. The minimum Gasteiger partial charge on any atom is -0.376 e. The normalized spacial score (nSPS) is 37.5. The van der Waals surface area contributed by atoms with Crippen LogP contribution in [-0.2, 0) is 4.74 Å². The van der Waals surface area contributed by atoms with Crippen LogP contribution in [0.4, 0.5) is 0 Å². The van der Waals surface area contributed by atoms with Crippen LogP contribution in [-0.4, -0.2) is 30.1 Å². The van der Waals surface area contributed by atoms with Crippen LogP contribution in [0.5, 0.6) is 0 Å². The smallest absolute Gasteiger partial charge is 0.128 e. The van der Waals surface area contributed by atoms with Gasteiger partial charge in [-0.25, -0.2) is 0 Å². The summed E-state index contributed by atoms with van der Waals surface area (Å²) >= 11 is 0. The van der Waals surface area contributed by atoms with Crippen molar-refractivity contribution in [2.75, 3.05) is 6.61 Å². The topological polar surface area (TPSA) is 81.5 Å². The van der Waals surface area contributed by atoms with Crippen LogP contribution in [0.1, 0.15) is 12.8 Å². The zero-order valence-corrected chi connectivity index (χ0v) is 5.86. The van der Waals surface area contributed by atoms with Gasteiger partial charge in [-0.1, -0.05) is 0 Å². The number of nitrogens with two attached hydrogens (primary N) is 2. The molecule has 1 aliphatic rings. The molecule has 0 aromatic heterocycles. The molecular weight excluding hydrogens is 132 g/mol. The quantitative estimate of drug-likeness (QED) is 0.404. The van der Waals surface area contributed by atoms with Crippen molar-refractivity contribution >= 4 is 0 Å². The molecule has 60 valence electrons. The first kappa shape index (κ1) is 7.94. The fourth-order valence-corrected chi connectivity index (χ4v) is 1.06. The molecule has 0 bridgehead atoms. The first-order valence-corrected chi connectivity index (χ1v) is 3.51. The molecular formula is C6H14N2O2. The van der Waals surface area contributed by atoms with Gasteiger partial charge in [-0.3, -0.25) is 0 Å². The average molecular weight is 146 g/mol. The summed E-state index contributed by atoms with van der Waals surface area (Å²) in [7, 11) is 0. The second-order valence-corrected chi connectivity index (χ2v) is 2.70. The molecule has 1 unspecified atom stereocenters. The maximum atomic E-state index is 8.88. The lowest BCUT2D eigenvalue weighted by Gasteiger charge is -2.28. The van der Waals surface area contributed by atoms with E-state index in [4.69, 9.17) is 21.3 Å². The molecule has 0 radical (unpaired) electrons. The van der Waals surface area contributed by atoms with Crippen LogP contribution in [0.2, 0.25) is 0 Å². The first-order valence-electron chi connectivity index (χ1n) is 3.51. The summed E-state index contributed by atoms with van der Waals surface area (Å²) in [6, 6.07) is 0.120. The highest BCUT2D eigenvalue weighted by atomic mass is 16.5. The summed E-state index contributed by atoms with van der Waals surface area (Å²) in [4.78, 5) is 0. The van der Waals surface area contributed by atoms with Gasteiger partial charge in [0.2, 0.25) is 0 Å². The summed E-state index contributed by atoms with van der Waals surface area (Å²) in [6.45, 7) is 0.513. The lowest BCUT2D eigenvalue weighted by atomic mass is 10.1. The standard InChI is InChI=1S/C6H14N2O2/c7-4-1-2-5(6(8)9)10-3-4/h4-6,9H,1-3,7-8H2/t4-,5+,6?/m1/s1. The van der Waals surface area contributed by atoms with E-state index in [-0.39, 0.29) is 12.1 Å². The van der Waals surface area contributed by atoms with Crippen LogP contribution < -0.4 is 11.5 Å². The van der Waals surface area contributed by atoms with Crippen LogP contribution >= 0.6 is 0 Å². The fraction of sp³-hybridized carbons (Fsp3) is 1.00. The molecule has 0 aromatic carbocycles. The van der Waals surface area contributed by atoms with Gasteiger partial charge in [-0.2, -0.15) is 0 Å². The van der Waals surface area contributed by atoms with Gasteiger partial charge in [0.05, 0.1) is 12.7 Å². The molecule has 0 aliphatic carbocycles. The molecule has 10 heavy (non-hydrogen) atoms. The molecule has 0 aromatic rings. The molecule has 3 atom stereocenters. The van der Waals surface area contributed by atoms with Gasteiger partial charge in [-0.15, -0.1) is 0 Å². The maximum absolute atomic E-state index is 8.88. The van der Waals surface area contributed by atoms with E-state index in [0.717, 1.165) is 12.8 Å². The Bertz CT molecular complexity index is 99.9. The van der Waals surface area contributed by atoms with Crippen LogP contribution in [0.15, 0.2) is 0 Å². The summed E-state index contributed by atoms with van der Waals surface area (Å²) in [5.74, 6) is 0. The third-order valence-corrected chi connectivity index (χ3v) is 1.73. The van der Waals surface area contributed by atoms with E-state index in [9.17, 15) is 0 Å². The van der Waals surface area contributed by atoms with Crippen LogP contribution in [0.25, 0.3) is 0 Å². The number of aliphatic hydroxyl groups is 1. The van der Waals surface area contributed by atoms with Crippen molar-refractivity contribution < 1.29 is 9.84 Å². The highest BCUT2D eigenvalue weighted by molar-refractivity contribution is 4.74. The predicted octanol–water partition coefficient (Wildman–Crippen LogP) is -1.23. The molecule has 0 spiro atoms. The van der Waals surface area contributed by atoms with Crippen molar-refractivity contribution in [2.45, 2.75) is 31.2 Å². The minimum absolute atomic E-state index is 0.120. The Labute approximate surface area is 60.1 Å². The largest absolute Gasteiger partial charge is 0.376 e. The lowest BCUT2D eigenvalue weighted by molar-refractivity contribution is -0.0652. The molecule has 0 amide bonds. The van der Waals surface area contributed by atoms with Crippen molar-refractivity contribution in [3.8, 4) is 0 Å². The summed E-state index contributed by atoms with van der Waals surface area (Å²) < 4.78 is 5.15. The fourth-order valence-electron chi connectivity index (χ4n) is 1.06. The molecule has 4 heteroatoms. The van der Waals surface area contributed by atoms with E-state index in [1.807, 2.05) is 0 Å². The number of hydrogen-bond acceptors (Lipinski definition) is 4. The third kappa shape index (κ3) is 1.91. The van der Waals surface area contributed by atoms with Gasteiger partial charge >= 0.3 is 0 Å². The zero-order chi connectivity index (χ0) is 7.56. The van der Waals surface area contributed by atoms with E-state index >= 15 is 0 Å². The number of ether oxygens (including phenoxy) is 1. The molecule has 1 heterocycles. The van der Waals surface area contributed by atoms with E-state index in [2.05, 4.69) is 0 Å². The first-order chi connectivity index (χ1) is 4.70. The molecule has 4 nitrogen and oxygen atoms in total. The Kier molecular flexibility index (Phi) is 2.62. The second-order valence-electron chi connectivity index (χ2n) is 2.70. The van der Waals surface area contributed by atoms with E-state index in [1.165, 1.54) is 0 Å². The Morgan fingerprint density at radius 1 is 1.50 bits per heavy atom. The van der Waals surface area contributed by atoms with E-state index in [0.29, 0.717) is 6.61 Å². The molecule has 5 N–H and O–H groups in total. The molecule has 1 rings (SSSR count). The monoisotopic (exact) mass is 146 g/mol. The van der Waals surface area contributed by atoms with Crippen LogP contribution in [0.3, 0.4) is 0 Å². The van der Waals surface area contributed by atoms with Gasteiger partial charge in [0.25, 0.3) is 0 Å². The highest BCUT2D eigenvalue weighted by Crippen LogP contribution is 2.12. The Morgan fingerprint density at radius 2 is 2.20 bits per heavy atom. The minimum atomic E-state index is -0.854. The lowest BCUT2D eigenvalue weighted by Crippen LogP contribution is -2.44. The SMILES string of the molecule is NC(O)[C@@H]1CC[C@@H](N)CO1. The maximum Gasteiger partial charge on any atom is 0.128 e. The number of hydrogen-bond donors (Lipinski definition) is 3. The summed E-state index contributed by atoms with van der Waals surface area (Å²) in [6.07, 6.45) is 0.588. The summed E-state index contributed by atoms with van der Waals surface area (Å²) in [5.41, 5.74) is 10.8. The molecule has 0 saturated carbocycles. The molecule has 1 saturated heterocycles. The highest BCUT2D eigenvalue weighted by Gasteiger charge is 2.22. The van der Waals surface area contributed by atoms with Crippen molar-refractivity contribution in [2.24, 2.45) is 11.5 Å². The van der Waals surface area contributed by atoms with E-state index in [1.54, 1.807) is 0 Å². The third-order valence-electron chi connectivity index (χ3n) is 1.73. The van der Waals surface area contributed by atoms with E-state index < -0.39 is 6.23 Å². The van der Waals surface area contributed by atoms with Gasteiger partial charge in [0.15, 0.2) is 0 Å². The number of rotatable bonds is 1. The van der Waals surface area contributed by atoms with Crippen molar-refractivity contribution in [3.63, 3.8) is 0 Å². The molecule has 1 aliphatic heterocycles. The Hall–Kier alpha value is -0.160. The predicted molar refractivity (Wildman–Crippen MR) is 37.1 cm³/mol. The zero-order valence-electron chi connectivity index (χ0n) is 5.86. The number of aliphatic hydroxyl groups excluding tert-OH is 1. The Balaban J connectivity index is 2.26. The van der Waals surface area contributed by atoms with Crippen molar-refractivity contribution in [3.05, 3.63) is 0 Å². The van der Waals surface area contributed by atoms with Gasteiger partial charge in [0, 0.05) is 6.04 Å². The van der Waals surface area contributed by atoms with Crippen LogP contribution in [0, 0.1) is 0 Å². The van der Waals surface area contributed by atoms with Crippen molar-refractivity contribution in [1.82, 2.24) is 0 Å². The van der Waals surface area contributed by atoms with Gasteiger partial charge < -0.3 is 21.3 Å². The second kappa shape index (κ2) is 3.30. The van der Waals surface area contributed by atoms with Gasteiger partial charge in [0.1, 0.15) is 6.23 Å². The van der Waals surface area contributed by atoms with Gasteiger partial charge in [-0.05, 0) is 12.8 Å². The summed E-state index contributed by atoms with van der Waals surface area (Å²) in [5, 5.41) is 8.88.